The van der Waals surface area contributed by atoms with Gasteiger partial charge in [-0.2, -0.15) is 0 Å². The standard InChI is InChI=1S/C27H28N2O3S/c1-16-5-6-18(12-24(16)33)17-7-9-22-20(11-17)27(15-31-25(28)29-27)21-13-19(8-10-23(21)32-22)30-14-26(2,3)4/h5-13,16H,14-15H2,1-4H3,(H2,28,29)/t16?,27-/m0/s1. The van der Waals surface area contributed by atoms with Crippen molar-refractivity contribution in [2.45, 2.75) is 33.2 Å². The van der Waals surface area contributed by atoms with Gasteiger partial charge in [-0.25, -0.2) is 4.99 Å². The second kappa shape index (κ2) is 7.73. The Morgan fingerprint density at radius 2 is 1.88 bits per heavy atom. The van der Waals surface area contributed by atoms with Gasteiger partial charge in [0.2, 0.25) is 0 Å². The Morgan fingerprint density at radius 1 is 1.15 bits per heavy atom. The summed E-state index contributed by atoms with van der Waals surface area (Å²) in [5.74, 6) is 2.51. The summed E-state index contributed by atoms with van der Waals surface area (Å²) in [7, 11) is 0. The van der Waals surface area contributed by atoms with E-state index in [1.807, 2.05) is 24.3 Å². The zero-order valence-corrected chi connectivity index (χ0v) is 20.2. The van der Waals surface area contributed by atoms with Crippen LogP contribution in [0.1, 0.15) is 44.4 Å². The van der Waals surface area contributed by atoms with Crippen LogP contribution in [0.15, 0.2) is 59.6 Å². The molecule has 2 atom stereocenters. The van der Waals surface area contributed by atoms with E-state index in [9.17, 15) is 0 Å². The number of thiocarbonyl (C=S) groups is 1. The summed E-state index contributed by atoms with van der Waals surface area (Å²) in [4.78, 5) is 5.72. The van der Waals surface area contributed by atoms with Gasteiger partial charge in [0.1, 0.15) is 23.9 Å². The number of rotatable bonds is 3. The van der Waals surface area contributed by atoms with E-state index in [1.54, 1.807) is 0 Å². The van der Waals surface area contributed by atoms with Crippen LogP contribution in [-0.2, 0) is 10.3 Å². The number of amidine groups is 1. The molecule has 2 aromatic rings. The minimum Gasteiger partial charge on any atom is -0.493 e. The number of aliphatic imine (C=N–C) groups is 1. The first kappa shape index (κ1) is 21.7. The van der Waals surface area contributed by atoms with Gasteiger partial charge in [0.05, 0.1) is 6.61 Å². The van der Waals surface area contributed by atoms with Crippen molar-refractivity contribution in [1.29, 1.82) is 0 Å². The molecule has 2 N–H and O–H groups in total. The average molecular weight is 461 g/mol. The Balaban J connectivity index is 1.60. The van der Waals surface area contributed by atoms with Crippen LogP contribution in [0.4, 0.5) is 0 Å². The minimum atomic E-state index is -0.795. The van der Waals surface area contributed by atoms with Crippen LogP contribution in [0.3, 0.4) is 0 Å². The van der Waals surface area contributed by atoms with Gasteiger partial charge in [-0.1, -0.05) is 58.1 Å². The summed E-state index contributed by atoms with van der Waals surface area (Å²) >= 11 is 5.54. The normalized spacial score (nSPS) is 23.3. The quantitative estimate of drug-likeness (QED) is 0.590. The molecule has 1 unspecified atom stereocenters. The van der Waals surface area contributed by atoms with Crippen molar-refractivity contribution in [3.05, 3.63) is 71.3 Å². The van der Waals surface area contributed by atoms with E-state index in [4.69, 9.17) is 37.2 Å². The summed E-state index contributed by atoms with van der Waals surface area (Å²) in [6.45, 7) is 9.43. The second-order valence-corrected chi connectivity index (χ2v) is 10.5. The molecular weight excluding hydrogens is 432 g/mol. The molecular formula is C27H28N2O3S. The summed E-state index contributed by atoms with van der Waals surface area (Å²) < 4.78 is 18.1. The Morgan fingerprint density at radius 3 is 2.55 bits per heavy atom. The van der Waals surface area contributed by atoms with Crippen LogP contribution in [0, 0.1) is 11.3 Å². The Labute approximate surface area is 200 Å². The lowest BCUT2D eigenvalue weighted by molar-refractivity contribution is 0.197. The second-order valence-electron chi connectivity index (χ2n) is 10.1. The molecule has 0 saturated carbocycles. The van der Waals surface area contributed by atoms with E-state index in [-0.39, 0.29) is 17.4 Å². The van der Waals surface area contributed by atoms with Gasteiger partial charge in [-0.15, -0.1) is 0 Å². The number of ether oxygens (including phenoxy) is 3. The van der Waals surface area contributed by atoms with Crippen molar-refractivity contribution >= 4 is 28.7 Å². The monoisotopic (exact) mass is 460 g/mol. The minimum absolute atomic E-state index is 0.0456. The van der Waals surface area contributed by atoms with E-state index in [1.165, 1.54) is 0 Å². The van der Waals surface area contributed by atoms with Crippen molar-refractivity contribution in [1.82, 2.24) is 0 Å². The Hall–Kier alpha value is -3.12. The zero-order chi connectivity index (χ0) is 23.4. The number of allylic oxidation sites excluding steroid dienone is 4. The maximum absolute atomic E-state index is 6.30. The fraction of sp³-hybridized carbons (Fsp3) is 0.333. The summed E-state index contributed by atoms with van der Waals surface area (Å²) in [5.41, 5.74) is 9.21. The smallest absolute Gasteiger partial charge is 0.283 e. The molecule has 0 radical (unpaired) electrons. The lowest BCUT2D eigenvalue weighted by atomic mass is 9.80. The molecule has 1 aliphatic carbocycles. The number of benzene rings is 2. The maximum Gasteiger partial charge on any atom is 0.283 e. The van der Waals surface area contributed by atoms with Crippen molar-refractivity contribution in [3.8, 4) is 17.2 Å². The third kappa shape index (κ3) is 3.93. The largest absolute Gasteiger partial charge is 0.493 e. The highest BCUT2D eigenvalue weighted by atomic mass is 32.1. The molecule has 0 bridgehead atoms. The van der Waals surface area contributed by atoms with Crippen molar-refractivity contribution < 1.29 is 14.2 Å². The third-order valence-corrected chi connectivity index (χ3v) is 6.58. The molecule has 2 aromatic carbocycles. The predicted molar refractivity (Wildman–Crippen MR) is 135 cm³/mol. The van der Waals surface area contributed by atoms with Crippen molar-refractivity contribution in [2.75, 3.05) is 13.2 Å². The van der Waals surface area contributed by atoms with Gasteiger partial charge in [-0.3, -0.25) is 0 Å². The zero-order valence-electron chi connectivity index (χ0n) is 19.3. The third-order valence-electron chi connectivity index (χ3n) is 6.09. The number of nitrogens with zero attached hydrogens (tertiary/aromatic N) is 1. The maximum atomic E-state index is 6.30. The molecule has 3 aliphatic rings. The first-order chi connectivity index (χ1) is 15.6. The Kier molecular flexibility index (Phi) is 5.09. The Bertz CT molecular complexity index is 1240. The average Bonchev–Trinajstić information content (AvgIpc) is 3.16. The molecule has 1 spiro atoms. The molecule has 170 valence electrons. The predicted octanol–water partition coefficient (Wildman–Crippen LogP) is 5.76. The van der Waals surface area contributed by atoms with Gasteiger partial charge in [-0.05, 0) is 53.0 Å². The highest BCUT2D eigenvalue weighted by Gasteiger charge is 2.47. The van der Waals surface area contributed by atoms with Gasteiger partial charge in [0.25, 0.3) is 6.02 Å². The molecule has 0 saturated heterocycles. The first-order valence-electron chi connectivity index (χ1n) is 11.2. The fourth-order valence-corrected chi connectivity index (χ4v) is 4.46. The number of hydrogen-bond acceptors (Lipinski definition) is 6. The van der Waals surface area contributed by atoms with Gasteiger partial charge >= 0.3 is 0 Å². The van der Waals surface area contributed by atoms with Crippen molar-refractivity contribution in [2.24, 2.45) is 22.1 Å². The van der Waals surface area contributed by atoms with Crippen LogP contribution in [0.25, 0.3) is 5.57 Å². The van der Waals surface area contributed by atoms with Crippen LogP contribution in [0.5, 0.6) is 17.2 Å². The highest BCUT2D eigenvalue weighted by molar-refractivity contribution is 7.80. The topological polar surface area (TPSA) is 66.1 Å². The molecule has 2 aliphatic heterocycles. The van der Waals surface area contributed by atoms with Gasteiger partial charge in [0, 0.05) is 21.9 Å². The van der Waals surface area contributed by atoms with E-state index in [0.717, 1.165) is 44.4 Å². The van der Waals surface area contributed by atoms with Crippen LogP contribution in [-0.4, -0.2) is 24.1 Å². The number of fused-ring (bicyclic) bond motifs is 4. The molecule has 0 amide bonds. The SMILES string of the molecule is CC1C=CC(c2ccc3c(c2)[C@@]2(COC(N)=N2)c2cc(OCC(C)(C)C)ccc2O3)=CC1=S. The van der Waals surface area contributed by atoms with Crippen LogP contribution < -0.4 is 15.2 Å². The van der Waals surface area contributed by atoms with E-state index >= 15 is 0 Å². The molecule has 2 heterocycles. The molecule has 0 fully saturated rings. The van der Waals surface area contributed by atoms with Gasteiger partial charge < -0.3 is 19.9 Å². The number of nitrogens with two attached hydrogens (primary N) is 1. The van der Waals surface area contributed by atoms with E-state index < -0.39 is 5.54 Å². The van der Waals surface area contributed by atoms with Crippen molar-refractivity contribution in [3.63, 3.8) is 0 Å². The van der Waals surface area contributed by atoms with E-state index in [0.29, 0.717) is 13.2 Å². The highest BCUT2D eigenvalue weighted by Crippen LogP contribution is 2.52. The molecule has 0 aromatic heterocycles. The molecule has 5 nitrogen and oxygen atoms in total. The van der Waals surface area contributed by atoms with Crippen LogP contribution >= 0.6 is 12.2 Å². The fourth-order valence-electron chi connectivity index (χ4n) is 4.26. The molecule has 33 heavy (non-hydrogen) atoms. The summed E-state index contributed by atoms with van der Waals surface area (Å²) in [5, 5.41) is 0. The lowest BCUT2D eigenvalue weighted by Crippen LogP contribution is -2.31. The molecule has 5 rings (SSSR count). The molecule has 6 heteroatoms. The number of hydrogen-bond donors (Lipinski definition) is 1. The summed E-state index contributed by atoms with van der Waals surface area (Å²) in [6, 6.07) is 12.2. The first-order valence-corrected chi connectivity index (χ1v) is 11.6. The summed E-state index contributed by atoms with van der Waals surface area (Å²) in [6.07, 6.45) is 6.31. The van der Waals surface area contributed by atoms with Crippen LogP contribution in [0.2, 0.25) is 0 Å². The lowest BCUT2D eigenvalue weighted by Gasteiger charge is -2.34. The van der Waals surface area contributed by atoms with E-state index in [2.05, 4.69) is 58.1 Å². The van der Waals surface area contributed by atoms with Gasteiger partial charge in [0.15, 0.2) is 5.54 Å².